The number of para-hydroxylation sites is 1. The molecule has 0 radical (unpaired) electrons. The molecule has 1 N–H and O–H groups in total. The first-order chi connectivity index (χ1) is 15.5. The molecule has 0 saturated carbocycles. The summed E-state index contributed by atoms with van der Waals surface area (Å²) in [5.74, 6) is 0.424. The van der Waals surface area contributed by atoms with Gasteiger partial charge < -0.3 is 14.2 Å². The van der Waals surface area contributed by atoms with Crippen molar-refractivity contribution in [1.29, 1.82) is 0 Å². The summed E-state index contributed by atoms with van der Waals surface area (Å²) in [6, 6.07) is 19.5. The molecule has 0 aliphatic rings. The van der Waals surface area contributed by atoms with E-state index in [1.807, 2.05) is 44.2 Å². The first-order valence-corrected chi connectivity index (χ1v) is 9.93. The van der Waals surface area contributed by atoms with Gasteiger partial charge >= 0.3 is 5.97 Å². The Morgan fingerprint density at radius 3 is 2.41 bits per heavy atom. The highest BCUT2D eigenvalue weighted by Gasteiger charge is 2.13. The van der Waals surface area contributed by atoms with Gasteiger partial charge in [0, 0.05) is 0 Å². The number of nitrogens with zero attached hydrogens (tertiary/aromatic N) is 1. The van der Waals surface area contributed by atoms with Crippen molar-refractivity contribution in [3.05, 3.63) is 89.0 Å². The maximum Gasteiger partial charge on any atom is 0.343 e. The van der Waals surface area contributed by atoms with Crippen LogP contribution in [0.3, 0.4) is 0 Å². The van der Waals surface area contributed by atoms with Crippen LogP contribution in [0.15, 0.2) is 71.8 Å². The van der Waals surface area contributed by atoms with Crippen LogP contribution >= 0.6 is 0 Å². The van der Waals surface area contributed by atoms with Crippen LogP contribution in [0.1, 0.15) is 27.0 Å². The second kappa shape index (κ2) is 10.8. The topological polar surface area (TPSA) is 86.2 Å². The smallest absolute Gasteiger partial charge is 0.343 e. The van der Waals surface area contributed by atoms with Gasteiger partial charge in [-0.1, -0.05) is 35.9 Å². The fourth-order valence-electron chi connectivity index (χ4n) is 2.77. The Hall–Kier alpha value is -4.13. The summed E-state index contributed by atoms with van der Waals surface area (Å²) in [5.41, 5.74) is 5.50. The molecule has 164 valence electrons. The highest BCUT2D eigenvalue weighted by molar-refractivity contribution is 5.91. The number of amides is 1. The zero-order valence-corrected chi connectivity index (χ0v) is 18.1. The number of nitrogens with one attached hydrogen (secondary N) is 1. The lowest BCUT2D eigenvalue weighted by atomic mass is 10.1. The average molecular weight is 432 g/mol. The van der Waals surface area contributed by atoms with E-state index in [2.05, 4.69) is 10.5 Å². The van der Waals surface area contributed by atoms with Crippen LogP contribution in [-0.2, 0) is 4.79 Å². The molecule has 3 aromatic carbocycles. The summed E-state index contributed by atoms with van der Waals surface area (Å²) in [7, 11) is 1.48. The zero-order chi connectivity index (χ0) is 22.9. The number of hydrogen-bond acceptors (Lipinski definition) is 6. The van der Waals surface area contributed by atoms with E-state index in [9.17, 15) is 9.59 Å². The van der Waals surface area contributed by atoms with Crippen molar-refractivity contribution in [1.82, 2.24) is 5.43 Å². The van der Waals surface area contributed by atoms with E-state index in [-0.39, 0.29) is 18.3 Å². The molecule has 7 heteroatoms. The standard InChI is InChI=1S/C25H24N2O5/c1-17-8-11-20(12-9-17)25(29)32-22-13-10-19(14-23(22)30-3)15-26-27-24(28)16-31-21-7-5-4-6-18(21)2/h4-15H,16H2,1-3H3,(H,27,28)/b26-15+. The number of benzene rings is 3. The van der Waals surface area contributed by atoms with Gasteiger partial charge in [-0.2, -0.15) is 5.10 Å². The third kappa shape index (κ3) is 6.18. The highest BCUT2D eigenvalue weighted by atomic mass is 16.6. The van der Waals surface area contributed by atoms with E-state index in [1.54, 1.807) is 36.4 Å². The van der Waals surface area contributed by atoms with Crippen LogP contribution in [0.5, 0.6) is 17.2 Å². The number of rotatable bonds is 8. The van der Waals surface area contributed by atoms with Crippen molar-refractivity contribution in [2.45, 2.75) is 13.8 Å². The van der Waals surface area contributed by atoms with Crippen molar-refractivity contribution in [2.75, 3.05) is 13.7 Å². The van der Waals surface area contributed by atoms with Gasteiger partial charge in [0.25, 0.3) is 5.91 Å². The van der Waals surface area contributed by atoms with Gasteiger partial charge in [-0.25, -0.2) is 10.2 Å². The first kappa shape index (κ1) is 22.6. The van der Waals surface area contributed by atoms with Gasteiger partial charge in [-0.05, 0) is 61.4 Å². The summed E-state index contributed by atoms with van der Waals surface area (Å²) < 4.78 is 16.2. The number of carbonyl (C=O) groups excluding carboxylic acids is 2. The van der Waals surface area contributed by atoms with Gasteiger partial charge in [0.05, 0.1) is 18.9 Å². The van der Waals surface area contributed by atoms with E-state index < -0.39 is 5.97 Å². The van der Waals surface area contributed by atoms with E-state index in [0.717, 1.165) is 11.1 Å². The van der Waals surface area contributed by atoms with E-state index in [0.29, 0.717) is 22.6 Å². The summed E-state index contributed by atoms with van der Waals surface area (Å²) >= 11 is 0. The van der Waals surface area contributed by atoms with E-state index in [4.69, 9.17) is 14.2 Å². The summed E-state index contributed by atoms with van der Waals surface area (Å²) in [5, 5.41) is 3.93. The Morgan fingerprint density at radius 1 is 0.938 bits per heavy atom. The zero-order valence-electron chi connectivity index (χ0n) is 18.1. The molecule has 0 aromatic heterocycles. The summed E-state index contributed by atoms with van der Waals surface area (Å²) in [6.45, 7) is 3.69. The minimum atomic E-state index is -0.481. The van der Waals surface area contributed by atoms with Gasteiger partial charge in [-0.3, -0.25) is 4.79 Å². The molecule has 0 aliphatic carbocycles. The fraction of sp³-hybridized carbons (Fsp3) is 0.160. The van der Waals surface area contributed by atoms with Crippen molar-refractivity contribution in [3.63, 3.8) is 0 Å². The molecule has 0 aliphatic heterocycles. The molecule has 0 fully saturated rings. The molecule has 0 heterocycles. The van der Waals surface area contributed by atoms with Crippen molar-refractivity contribution < 1.29 is 23.8 Å². The first-order valence-electron chi connectivity index (χ1n) is 9.93. The van der Waals surface area contributed by atoms with Gasteiger partial charge in [0.15, 0.2) is 18.1 Å². The van der Waals surface area contributed by atoms with Crippen LogP contribution < -0.4 is 19.6 Å². The van der Waals surface area contributed by atoms with Crippen molar-refractivity contribution in [2.24, 2.45) is 5.10 Å². The SMILES string of the molecule is COc1cc(/C=N/NC(=O)COc2ccccc2C)ccc1OC(=O)c1ccc(C)cc1. The molecule has 1 amide bonds. The monoisotopic (exact) mass is 432 g/mol. The number of hydrazone groups is 1. The Morgan fingerprint density at radius 2 is 1.69 bits per heavy atom. The number of carbonyl (C=O) groups is 2. The van der Waals surface area contributed by atoms with Gasteiger partial charge in [0.2, 0.25) is 0 Å². The normalized spacial score (nSPS) is 10.6. The van der Waals surface area contributed by atoms with Crippen LogP contribution in [0.4, 0.5) is 0 Å². The third-order valence-corrected chi connectivity index (χ3v) is 4.53. The molecule has 3 rings (SSSR count). The Bertz CT molecular complexity index is 1120. The maximum atomic E-state index is 12.3. The predicted octanol–water partition coefficient (Wildman–Crippen LogP) is 4.06. The Balaban J connectivity index is 1.57. The van der Waals surface area contributed by atoms with Gasteiger partial charge in [-0.15, -0.1) is 0 Å². The number of hydrogen-bond donors (Lipinski definition) is 1. The lowest BCUT2D eigenvalue weighted by molar-refractivity contribution is -0.123. The molecule has 7 nitrogen and oxygen atoms in total. The largest absolute Gasteiger partial charge is 0.493 e. The van der Waals surface area contributed by atoms with Crippen LogP contribution in [-0.4, -0.2) is 31.8 Å². The number of methoxy groups -OCH3 is 1. The summed E-state index contributed by atoms with van der Waals surface area (Å²) in [6.07, 6.45) is 1.46. The lowest BCUT2D eigenvalue weighted by Crippen LogP contribution is -2.24. The number of aryl methyl sites for hydroxylation is 2. The average Bonchev–Trinajstić information content (AvgIpc) is 2.79. The maximum absolute atomic E-state index is 12.3. The second-order valence-electron chi connectivity index (χ2n) is 7.01. The van der Waals surface area contributed by atoms with Crippen LogP contribution in [0.2, 0.25) is 0 Å². The minimum Gasteiger partial charge on any atom is -0.493 e. The fourth-order valence-corrected chi connectivity index (χ4v) is 2.77. The Kier molecular flexibility index (Phi) is 7.59. The number of esters is 1. The van der Waals surface area contributed by atoms with Crippen LogP contribution in [0.25, 0.3) is 0 Å². The molecule has 0 bridgehead atoms. The minimum absolute atomic E-state index is 0.153. The highest BCUT2D eigenvalue weighted by Crippen LogP contribution is 2.28. The quantitative estimate of drug-likeness (QED) is 0.251. The lowest BCUT2D eigenvalue weighted by Gasteiger charge is -2.10. The molecule has 0 spiro atoms. The van der Waals surface area contributed by atoms with Crippen molar-refractivity contribution in [3.8, 4) is 17.2 Å². The summed E-state index contributed by atoms with van der Waals surface area (Å²) in [4.78, 5) is 24.3. The molecule has 0 atom stereocenters. The third-order valence-electron chi connectivity index (χ3n) is 4.53. The van der Waals surface area contributed by atoms with E-state index in [1.165, 1.54) is 13.3 Å². The number of ether oxygens (including phenoxy) is 3. The molecular formula is C25H24N2O5. The second-order valence-corrected chi connectivity index (χ2v) is 7.01. The molecule has 3 aromatic rings. The molecular weight excluding hydrogens is 408 g/mol. The van der Waals surface area contributed by atoms with Crippen molar-refractivity contribution >= 4 is 18.1 Å². The van der Waals surface area contributed by atoms with Crippen LogP contribution in [0, 0.1) is 13.8 Å². The van der Waals surface area contributed by atoms with E-state index >= 15 is 0 Å². The van der Waals surface area contributed by atoms with Gasteiger partial charge in [0.1, 0.15) is 5.75 Å². The molecule has 0 unspecified atom stereocenters. The Labute approximate surface area is 186 Å². The molecule has 32 heavy (non-hydrogen) atoms. The predicted molar refractivity (Wildman–Crippen MR) is 122 cm³/mol. The molecule has 0 saturated heterocycles.